The van der Waals surface area contributed by atoms with Crippen LogP contribution in [0, 0.1) is 6.92 Å². The van der Waals surface area contributed by atoms with Crippen molar-refractivity contribution in [1.29, 1.82) is 0 Å². The molecule has 0 saturated carbocycles. The van der Waals surface area contributed by atoms with Crippen LogP contribution in [0.1, 0.15) is 5.56 Å². The summed E-state index contributed by atoms with van der Waals surface area (Å²) in [6, 6.07) is 17.5. The molecule has 0 bridgehead atoms. The zero-order valence-electron chi connectivity index (χ0n) is 11.0. The molecule has 2 N–H and O–H groups in total. The Kier molecular flexibility index (Phi) is 3.20. The Bertz CT molecular complexity index is 727. The van der Waals surface area contributed by atoms with Crippen LogP contribution in [0.4, 0.5) is 5.82 Å². The summed E-state index contributed by atoms with van der Waals surface area (Å²) in [6.45, 7) is 2.01. The molecule has 0 atom stereocenters. The van der Waals surface area contributed by atoms with Gasteiger partial charge in [-0.05, 0) is 42.8 Å². The summed E-state index contributed by atoms with van der Waals surface area (Å²) in [5.74, 6) is 0.601. The topological polar surface area (TPSA) is 43.8 Å². The zero-order valence-corrected chi connectivity index (χ0v) is 11.8. The number of rotatable bonds is 2. The van der Waals surface area contributed by atoms with Gasteiger partial charge in [0, 0.05) is 16.7 Å². The molecule has 0 radical (unpaired) electrons. The fraction of sp³-hybridized carbons (Fsp3) is 0.0625. The van der Waals surface area contributed by atoms with Gasteiger partial charge in [-0.3, -0.25) is 0 Å². The smallest absolute Gasteiger partial charge is 0.127 e. The molecular weight excluding hydrogens is 270 g/mol. The Hall–Kier alpha value is -2.26. The average molecular weight is 284 g/mol. The molecule has 4 heteroatoms. The third kappa shape index (κ3) is 2.40. The van der Waals surface area contributed by atoms with Gasteiger partial charge in [0.2, 0.25) is 0 Å². The number of nitrogen functional groups attached to an aromatic ring is 1. The summed E-state index contributed by atoms with van der Waals surface area (Å²) >= 11 is 6.10. The van der Waals surface area contributed by atoms with E-state index in [4.69, 9.17) is 17.3 Å². The maximum Gasteiger partial charge on any atom is 0.127 e. The molecule has 0 amide bonds. The number of hydrogen-bond acceptors (Lipinski definition) is 2. The second-order valence-corrected chi connectivity index (χ2v) is 5.16. The lowest BCUT2D eigenvalue weighted by atomic mass is 10.1. The molecule has 20 heavy (non-hydrogen) atoms. The highest BCUT2D eigenvalue weighted by Gasteiger charge is 2.09. The van der Waals surface area contributed by atoms with Crippen molar-refractivity contribution in [3.05, 3.63) is 65.2 Å². The molecular formula is C16H14ClN3. The number of aryl methyl sites for hydroxylation is 1. The van der Waals surface area contributed by atoms with Crippen molar-refractivity contribution in [1.82, 2.24) is 9.78 Å². The van der Waals surface area contributed by atoms with Crippen molar-refractivity contribution < 1.29 is 0 Å². The maximum atomic E-state index is 6.10. The van der Waals surface area contributed by atoms with Crippen LogP contribution in [0.25, 0.3) is 16.9 Å². The van der Waals surface area contributed by atoms with E-state index in [1.807, 2.05) is 61.5 Å². The summed E-state index contributed by atoms with van der Waals surface area (Å²) < 4.78 is 1.73. The number of hydrogen-bond donors (Lipinski definition) is 1. The standard InChI is InChI=1S/C16H14ClN3/c1-11-7-12(9-13(17)8-11)15-10-16(18)20(19-15)14-5-3-2-4-6-14/h2-10H,18H2,1H3. The Morgan fingerprint density at radius 3 is 2.50 bits per heavy atom. The predicted octanol–water partition coefficient (Wildman–Crippen LogP) is 4.08. The third-order valence-corrected chi connectivity index (χ3v) is 3.29. The van der Waals surface area contributed by atoms with Crippen molar-refractivity contribution in [3.8, 4) is 16.9 Å². The molecule has 0 spiro atoms. The van der Waals surface area contributed by atoms with Gasteiger partial charge in [0.05, 0.1) is 11.4 Å². The number of aromatic nitrogens is 2. The van der Waals surface area contributed by atoms with Gasteiger partial charge in [-0.1, -0.05) is 29.8 Å². The Labute approximate surface area is 122 Å². The quantitative estimate of drug-likeness (QED) is 0.770. The van der Waals surface area contributed by atoms with Crippen LogP contribution >= 0.6 is 11.6 Å². The molecule has 1 heterocycles. The van der Waals surface area contributed by atoms with Gasteiger partial charge >= 0.3 is 0 Å². The first-order chi connectivity index (χ1) is 9.63. The predicted molar refractivity (Wildman–Crippen MR) is 83.2 cm³/mol. The first-order valence-electron chi connectivity index (χ1n) is 6.32. The Morgan fingerprint density at radius 2 is 1.80 bits per heavy atom. The molecule has 3 aromatic rings. The number of anilines is 1. The van der Waals surface area contributed by atoms with Crippen LogP contribution < -0.4 is 5.73 Å². The van der Waals surface area contributed by atoms with Crippen LogP contribution in [-0.4, -0.2) is 9.78 Å². The highest BCUT2D eigenvalue weighted by atomic mass is 35.5. The van der Waals surface area contributed by atoms with Gasteiger partial charge in [-0.15, -0.1) is 0 Å². The molecule has 3 rings (SSSR count). The maximum absolute atomic E-state index is 6.10. The van der Waals surface area contributed by atoms with Crippen LogP contribution in [-0.2, 0) is 0 Å². The Balaban J connectivity index is 2.09. The highest BCUT2D eigenvalue weighted by Crippen LogP contribution is 2.26. The molecule has 0 saturated heterocycles. The van der Waals surface area contributed by atoms with Gasteiger partial charge in [-0.25, -0.2) is 4.68 Å². The van der Waals surface area contributed by atoms with Crippen molar-refractivity contribution in [2.75, 3.05) is 5.73 Å². The van der Waals surface area contributed by atoms with Crippen LogP contribution in [0.5, 0.6) is 0 Å². The van der Waals surface area contributed by atoms with Crippen molar-refractivity contribution in [3.63, 3.8) is 0 Å². The normalized spacial score (nSPS) is 10.7. The monoisotopic (exact) mass is 283 g/mol. The number of para-hydroxylation sites is 1. The molecule has 0 aliphatic heterocycles. The van der Waals surface area contributed by atoms with Gasteiger partial charge in [0.25, 0.3) is 0 Å². The lowest BCUT2D eigenvalue weighted by Gasteiger charge is -2.03. The van der Waals surface area contributed by atoms with E-state index in [-0.39, 0.29) is 0 Å². The highest BCUT2D eigenvalue weighted by molar-refractivity contribution is 6.30. The largest absolute Gasteiger partial charge is 0.384 e. The number of nitrogens with two attached hydrogens (primary N) is 1. The van der Waals surface area contributed by atoms with E-state index in [0.717, 1.165) is 22.5 Å². The van der Waals surface area contributed by atoms with Crippen LogP contribution in [0.15, 0.2) is 54.6 Å². The van der Waals surface area contributed by atoms with Gasteiger partial charge in [0.15, 0.2) is 0 Å². The van der Waals surface area contributed by atoms with E-state index < -0.39 is 0 Å². The van der Waals surface area contributed by atoms with E-state index in [1.54, 1.807) is 4.68 Å². The zero-order chi connectivity index (χ0) is 14.1. The van der Waals surface area contributed by atoms with Gasteiger partial charge in [0.1, 0.15) is 5.82 Å². The molecule has 1 aromatic heterocycles. The van der Waals surface area contributed by atoms with E-state index in [1.165, 1.54) is 0 Å². The van der Waals surface area contributed by atoms with Gasteiger partial charge in [-0.2, -0.15) is 5.10 Å². The van der Waals surface area contributed by atoms with E-state index in [2.05, 4.69) is 5.10 Å². The average Bonchev–Trinajstić information content (AvgIpc) is 2.81. The molecule has 0 unspecified atom stereocenters. The lowest BCUT2D eigenvalue weighted by molar-refractivity contribution is 0.895. The minimum absolute atomic E-state index is 0.601. The van der Waals surface area contributed by atoms with E-state index in [0.29, 0.717) is 10.8 Å². The van der Waals surface area contributed by atoms with Crippen molar-refractivity contribution in [2.24, 2.45) is 0 Å². The minimum Gasteiger partial charge on any atom is -0.384 e. The van der Waals surface area contributed by atoms with Crippen molar-refractivity contribution in [2.45, 2.75) is 6.92 Å². The van der Waals surface area contributed by atoms with Crippen LogP contribution in [0.3, 0.4) is 0 Å². The fourth-order valence-electron chi connectivity index (χ4n) is 2.20. The second-order valence-electron chi connectivity index (χ2n) is 4.72. The summed E-state index contributed by atoms with van der Waals surface area (Å²) in [6.07, 6.45) is 0. The van der Waals surface area contributed by atoms with Crippen LogP contribution in [0.2, 0.25) is 5.02 Å². The minimum atomic E-state index is 0.601. The molecule has 3 nitrogen and oxygen atoms in total. The summed E-state index contributed by atoms with van der Waals surface area (Å²) in [5, 5.41) is 5.27. The molecule has 100 valence electrons. The molecule has 0 aliphatic carbocycles. The second kappa shape index (κ2) is 5.02. The lowest BCUT2D eigenvalue weighted by Crippen LogP contribution is -2.01. The summed E-state index contributed by atoms with van der Waals surface area (Å²) in [4.78, 5) is 0. The van der Waals surface area contributed by atoms with E-state index in [9.17, 15) is 0 Å². The van der Waals surface area contributed by atoms with Crippen molar-refractivity contribution >= 4 is 17.4 Å². The first kappa shape index (κ1) is 12.8. The first-order valence-corrected chi connectivity index (χ1v) is 6.70. The van der Waals surface area contributed by atoms with Gasteiger partial charge < -0.3 is 5.73 Å². The molecule has 0 fully saturated rings. The van der Waals surface area contributed by atoms with E-state index >= 15 is 0 Å². The molecule has 2 aromatic carbocycles. The number of halogens is 1. The fourth-order valence-corrected chi connectivity index (χ4v) is 2.49. The number of benzene rings is 2. The third-order valence-electron chi connectivity index (χ3n) is 3.08. The Morgan fingerprint density at radius 1 is 1.05 bits per heavy atom. The molecule has 0 aliphatic rings. The SMILES string of the molecule is Cc1cc(Cl)cc(-c2cc(N)n(-c3ccccc3)n2)c1. The number of nitrogens with zero attached hydrogens (tertiary/aromatic N) is 2. The summed E-state index contributed by atoms with van der Waals surface area (Å²) in [7, 11) is 0. The summed E-state index contributed by atoms with van der Waals surface area (Å²) in [5.41, 5.74) is 9.88.